The van der Waals surface area contributed by atoms with Gasteiger partial charge in [0, 0.05) is 23.3 Å². The summed E-state index contributed by atoms with van der Waals surface area (Å²) in [5, 5.41) is 0. The molecule has 0 saturated heterocycles. The fourth-order valence-corrected chi connectivity index (χ4v) is 3.93. The van der Waals surface area contributed by atoms with Crippen LogP contribution in [-0.4, -0.2) is 11.6 Å². The third kappa shape index (κ3) is 3.46. The number of benzene rings is 2. The first kappa shape index (κ1) is 20.3. The minimum atomic E-state index is -0.286. The molecule has 2 aromatic heterocycles. The number of hydrogen-bond donors (Lipinski definition) is 0. The van der Waals surface area contributed by atoms with Gasteiger partial charge in [0.15, 0.2) is 11.6 Å². The first-order chi connectivity index (χ1) is 16.1. The molecule has 0 spiro atoms. The van der Waals surface area contributed by atoms with E-state index >= 15 is 0 Å². The molecule has 1 aliphatic rings. The van der Waals surface area contributed by atoms with Crippen LogP contribution in [0, 0.1) is 0 Å². The SMILES string of the molecule is C=Cc1cc2c(cc1C=C)C(=O)C(=Cc1ccc(N(c3ccco3)c3ccco3)cc1)C2=O. The number of Topliss-reactive ketones (excluding diaryl/α,β-unsaturated/α-hetero) is 2. The average Bonchev–Trinajstić information content (AvgIpc) is 3.60. The maximum Gasteiger partial charge on any atom is 0.206 e. The van der Waals surface area contributed by atoms with Crippen LogP contribution in [0.5, 0.6) is 0 Å². The van der Waals surface area contributed by atoms with Crippen molar-refractivity contribution >= 4 is 47.3 Å². The van der Waals surface area contributed by atoms with E-state index in [2.05, 4.69) is 13.2 Å². The number of allylic oxidation sites excluding steroid dienone is 1. The fourth-order valence-electron chi connectivity index (χ4n) is 3.93. The summed E-state index contributed by atoms with van der Waals surface area (Å²) in [6, 6.07) is 18.1. The lowest BCUT2D eigenvalue weighted by atomic mass is 9.99. The zero-order chi connectivity index (χ0) is 22.9. The molecule has 2 aromatic carbocycles. The van der Waals surface area contributed by atoms with Crippen LogP contribution in [-0.2, 0) is 0 Å². The molecule has 5 nitrogen and oxygen atoms in total. The summed E-state index contributed by atoms with van der Waals surface area (Å²) in [4.78, 5) is 27.8. The minimum absolute atomic E-state index is 0.142. The number of fused-ring (bicyclic) bond motifs is 1. The molecule has 0 fully saturated rings. The molecule has 0 radical (unpaired) electrons. The van der Waals surface area contributed by atoms with Gasteiger partial charge in [0.1, 0.15) is 0 Å². The summed E-state index contributed by atoms with van der Waals surface area (Å²) >= 11 is 0. The number of furan rings is 2. The molecule has 0 unspecified atom stereocenters. The summed E-state index contributed by atoms with van der Waals surface area (Å²) in [6.07, 6.45) is 8.11. The van der Waals surface area contributed by atoms with Crippen molar-refractivity contribution in [1.82, 2.24) is 0 Å². The van der Waals surface area contributed by atoms with Crippen LogP contribution in [0.2, 0.25) is 0 Å². The molecule has 0 N–H and O–H groups in total. The molecule has 5 rings (SSSR count). The van der Waals surface area contributed by atoms with Crippen LogP contribution < -0.4 is 4.90 Å². The van der Waals surface area contributed by atoms with Crippen molar-refractivity contribution in [3.05, 3.63) is 120 Å². The van der Waals surface area contributed by atoms with Crippen LogP contribution in [0.15, 0.2) is 101 Å². The lowest BCUT2D eigenvalue weighted by Crippen LogP contribution is -2.07. The predicted octanol–water partition coefficient (Wildman–Crippen LogP) is 7.09. The lowest BCUT2D eigenvalue weighted by molar-refractivity contribution is 0.0990. The maximum absolute atomic E-state index is 13.0. The molecule has 0 saturated carbocycles. The molecule has 4 aromatic rings. The Hall–Kier alpha value is -4.64. The monoisotopic (exact) mass is 433 g/mol. The molecule has 0 aliphatic heterocycles. The first-order valence-corrected chi connectivity index (χ1v) is 10.3. The summed E-state index contributed by atoms with van der Waals surface area (Å²) in [5.74, 6) is 0.628. The van der Waals surface area contributed by atoms with Crippen LogP contribution in [0.25, 0.3) is 18.2 Å². The molecular weight excluding hydrogens is 414 g/mol. The van der Waals surface area contributed by atoms with Crippen LogP contribution in [0.3, 0.4) is 0 Å². The van der Waals surface area contributed by atoms with E-state index in [-0.39, 0.29) is 17.1 Å². The summed E-state index contributed by atoms with van der Waals surface area (Å²) in [5.41, 5.74) is 4.01. The number of hydrogen-bond acceptors (Lipinski definition) is 5. The van der Waals surface area contributed by atoms with Crippen molar-refractivity contribution in [2.45, 2.75) is 0 Å². The molecular formula is C28H19NO4. The Labute approximate surface area is 190 Å². The highest BCUT2D eigenvalue weighted by molar-refractivity contribution is 6.41. The number of rotatable bonds is 6. The Balaban J connectivity index is 1.49. The fraction of sp³-hybridized carbons (Fsp3) is 0. The van der Waals surface area contributed by atoms with E-state index in [4.69, 9.17) is 8.83 Å². The molecule has 0 amide bonds. The second kappa shape index (κ2) is 8.13. The zero-order valence-electron chi connectivity index (χ0n) is 17.7. The topological polar surface area (TPSA) is 63.7 Å². The molecule has 5 heteroatoms. The van der Waals surface area contributed by atoms with Gasteiger partial charge in [0.25, 0.3) is 0 Å². The molecule has 0 bridgehead atoms. The quantitative estimate of drug-likeness (QED) is 0.240. The van der Waals surface area contributed by atoms with Gasteiger partial charge in [0.05, 0.1) is 23.8 Å². The smallest absolute Gasteiger partial charge is 0.206 e. The lowest BCUT2D eigenvalue weighted by Gasteiger charge is -2.19. The Morgan fingerprint density at radius 3 is 1.67 bits per heavy atom. The Kier molecular flexibility index (Phi) is 4.99. The summed E-state index contributed by atoms with van der Waals surface area (Å²) in [7, 11) is 0. The summed E-state index contributed by atoms with van der Waals surface area (Å²) in [6.45, 7) is 7.56. The van der Waals surface area contributed by atoms with Crippen molar-refractivity contribution in [1.29, 1.82) is 0 Å². The highest BCUT2D eigenvalue weighted by atomic mass is 16.4. The van der Waals surface area contributed by atoms with Gasteiger partial charge in [-0.2, -0.15) is 0 Å². The van der Waals surface area contributed by atoms with Gasteiger partial charge in [-0.3, -0.25) is 14.5 Å². The zero-order valence-corrected chi connectivity index (χ0v) is 17.7. The number of ketones is 2. The minimum Gasteiger partial charge on any atom is -0.448 e. The Morgan fingerprint density at radius 2 is 1.24 bits per heavy atom. The molecule has 33 heavy (non-hydrogen) atoms. The first-order valence-electron chi connectivity index (χ1n) is 10.3. The van der Waals surface area contributed by atoms with Gasteiger partial charge < -0.3 is 8.83 Å². The number of nitrogens with zero attached hydrogens (tertiary/aromatic N) is 1. The van der Waals surface area contributed by atoms with Gasteiger partial charge >= 0.3 is 0 Å². The second-order valence-electron chi connectivity index (χ2n) is 7.48. The largest absolute Gasteiger partial charge is 0.448 e. The molecule has 2 heterocycles. The van der Waals surface area contributed by atoms with Crippen LogP contribution in [0.1, 0.15) is 37.4 Å². The van der Waals surface area contributed by atoms with Crippen molar-refractivity contribution in [2.75, 3.05) is 4.90 Å². The second-order valence-corrected chi connectivity index (χ2v) is 7.48. The third-order valence-electron chi connectivity index (χ3n) is 5.56. The maximum atomic E-state index is 13.0. The Morgan fingerprint density at radius 1 is 0.727 bits per heavy atom. The van der Waals surface area contributed by atoms with Crippen molar-refractivity contribution in [3.63, 3.8) is 0 Å². The highest BCUT2D eigenvalue weighted by Crippen LogP contribution is 2.36. The predicted molar refractivity (Wildman–Crippen MR) is 129 cm³/mol. The molecule has 160 valence electrons. The van der Waals surface area contributed by atoms with E-state index < -0.39 is 0 Å². The van der Waals surface area contributed by atoms with E-state index in [1.807, 2.05) is 41.3 Å². The third-order valence-corrected chi connectivity index (χ3v) is 5.56. The summed E-state index contributed by atoms with van der Waals surface area (Å²) < 4.78 is 11.1. The molecule has 0 atom stereocenters. The Bertz CT molecular complexity index is 1320. The van der Waals surface area contributed by atoms with E-state index in [0.717, 1.165) is 22.4 Å². The van der Waals surface area contributed by atoms with Gasteiger partial charge in [-0.05, 0) is 59.2 Å². The van der Waals surface area contributed by atoms with Crippen LogP contribution in [0.4, 0.5) is 17.5 Å². The number of anilines is 3. The number of carbonyl (C=O) groups excluding carboxylic acids is 2. The van der Waals surface area contributed by atoms with E-state index in [1.54, 1.807) is 55.0 Å². The van der Waals surface area contributed by atoms with E-state index in [1.165, 1.54) is 0 Å². The average molecular weight is 433 g/mol. The van der Waals surface area contributed by atoms with E-state index in [0.29, 0.717) is 22.9 Å². The normalized spacial score (nSPS) is 12.5. The van der Waals surface area contributed by atoms with Crippen molar-refractivity contribution < 1.29 is 18.4 Å². The van der Waals surface area contributed by atoms with Crippen molar-refractivity contribution in [3.8, 4) is 0 Å². The van der Waals surface area contributed by atoms with Gasteiger partial charge in [-0.15, -0.1) is 0 Å². The van der Waals surface area contributed by atoms with Gasteiger partial charge in [-0.25, -0.2) is 0 Å². The number of carbonyl (C=O) groups is 2. The van der Waals surface area contributed by atoms with Crippen molar-refractivity contribution in [2.24, 2.45) is 0 Å². The van der Waals surface area contributed by atoms with Crippen LogP contribution >= 0.6 is 0 Å². The van der Waals surface area contributed by atoms with E-state index in [9.17, 15) is 9.59 Å². The standard InChI is InChI=1S/C28H19NO4/c1-3-19-16-22-23(17-20(19)4-2)28(31)24(27(22)30)15-18-9-11-21(12-10-18)29(25-7-5-13-32-25)26-8-6-14-33-26/h3-17H,1-2H2. The van der Waals surface area contributed by atoms with Gasteiger partial charge in [-0.1, -0.05) is 37.4 Å². The van der Waals surface area contributed by atoms with Gasteiger partial charge in [0.2, 0.25) is 11.8 Å². The molecule has 1 aliphatic carbocycles. The highest BCUT2D eigenvalue weighted by Gasteiger charge is 2.33.